The zero-order chi connectivity index (χ0) is 18.3. The van der Waals surface area contributed by atoms with Gasteiger partial charge in [0.25, 0.3) is 0 Å². The standard InChI is InChI=1S/C15H21NO6S2/c1-10-7-13(23(3,19)20)11(2)14(8-10)24(21,22)16-6-4-5-12(9-16)15(17)18/h7-8,12H,4-6,9H2,1-3H3,(H,17,18). The van der Waals surface area contributed by atoms with E-state index in [0.29, 0.717) is 18.4 Å². The van der Waals surface area contributed by atoms with Gasteiger partial charge in [0.15, 0.2) is 9.84 Å². The van der Waals surface area contributed by atoms with Gasteiger partial charge in [-0.1, -0.05) is 0 Å². The van der Waals surface area contributed by atoms with Crippen LogP contribution in [0.15, 0.2) is 21.9 Å². The van der Waals surface area contributed by atoms with E-state index in [0.717, 1.165) is 10.6 Å². The van der Waals surface area contributed by atoms with E-state index in [4.69, 9.17) is 5.11 Å². The summed E-state index contributed by atoms with van der Waals surface area (Å²) in [5.74, 6) is -1.76. The van der Waals surface area contributed by atoms with Gasteiger partial charge < -0.3 is 5.11 Å². The fraction of sp³-hybridized carbons (Fsp3) is 0.533. The lowest BCUT2D eigenvalue weighted by Gasteiger charge is -2.30. The van der Waals surface area contributed by atoms with E-state index in [1.54, 1.807) is 6.92 Å². The molecule has 1 aromatic rings. The second-order valence-electron chi connectivity index (χ2n) is 6.20. The number of carbonyl (C=O) groups is 1. The molecule has 1 heterocycles. The number of sulfone groups is 1. The van der Waals surface area contributed by atoms with E-state index < -0.39 is 31.7 Å². The summed E-state index contributed by atoms with van der Waals surface area (Å²) in [6.45, 7) is 3.22. The van der Waals surface area contributed by atoms with Gasteiger partial charge in [0.1, 0.15) is 0 Å². The van der Waals surface area contributed by atoms with Gasteiger partial charge in [-0.15, -0.1) is 0 Å². The van der Waals surface area contributed by atoms with Crippen molar-refractivity contribution in [3.05, 3.63) is 23.3 Å². The minimum absolute atomic E-state index is 0.0205. The quantitative estimate of drug-likeness (QED) is 0.847. The molecule has 0 bridgehead atoms. The molecule has 1 saturated heterocycles. The summed E-state index contributed by atoms with van der Waals surface area (Å²) in [6.07, 6.45) is 1.93. The van der Waals surface area contributed by atoms with Crippen molar-refractivity contribution in [2.45, 2.75) is 36.5 Å². The van der Waals surface area contributed by atoms with Crippen LogP contribution < -0.4 is 0 Å². The third kappa shape index (κ3) is 3.62. The number of benzene rings is 1. The largest absolute Gasteiger partial charge is 0.481 e. The van der Waals surface area contributed by atoms with Crippen LogP contribution in [-0.2, 0) is 24.7 Å². The molecule has 7 nitrogen and oxygen atoms in total. The number of hydrogen-bond donors (Lipinski definition) is 1. The van der Waals surface area contributed by atoms with Gasteiger partial charge >= 0.3 is 5.97 Å². The Kier molecular flexibility index (Phi) is 5.08. The number of aryl methyl sites for hydroxylation is 1. The summed E-state index contributed by atoms with van der Waals surface area (Å²) >= 11 is 0. The van der Waals surface area contributed by atoms with Crippen LogP contribution in [0.4, 0.5) is 0 Å². The van der Waals surface area contributed by atoms with Gasteiger partial charge in [-0.25, -0.2) is 16.8 Å². The highest BCUT2D eigenvalue weighted by Crippen LogP contribution is 2.30. The molecule has 0 aliphatic carbocycles. The topological polar surface area (TPSA) is 109 Å². The molecule has 1 atom stereocenters. The van der Waals surface area contributed by atoms with Crippen molar-refractivity contribution < 1.29 is 26.7 Å². The predicted molar refractivity (Wildman–Crippen MR) is 88.1 cm³/mol. The summed E-state index contributed by atoms with van der Waals surface area (Å²) in [4.78, 5) is 11.1. The average molecular weight is 375 g/mol. The minimum atomic E-state index is -3.96. The molecule has 1 unspecified atom stereocenters. The van der Waals surface area contributed by atoms with E-state index in [-0.39, 0.29) is 28.4 Å². The fourth-order valence-electron chi connectivity index (χ4n) is 2.95. The molecule has 1 aliphatic heterocycles. The first-order valence-electron chi connectivity index (χ1n) is 7.49. The molecule has 24 heavy (non-hydrogen) atoms. The van der Waals surface area contributed by atoms with Crippen molar-refractivity contribution in [1.82, 2.24) is 4.31 Å². The smallest absolute Gasteiger partial charge is 0.307 e. The van der Waals surface area contributed by atoms with Crippen LogP contribution in [0.1, 0.15) is 24.0 Å². The molecule has 2 rings (SSSR count). The van der Waals surface area contributed by atoms with Gasteiger partial charge in [-0.05, 0) is 49.9 Å². The predicted octanol–water partition coefficient (Wildman–Crippen LogP) is 1.19. The van der Waals surface area contributed by atoms with Gasteiger partial charge in [0.2, 0.25) is 10.0 Å². The van der Waals surface area contributed by atoms with Gasteiger partial charge in [0, 0.05) is 19.3 Å². The molecule has 1 N–H and O–H groups in total. The Labute approximate surface area is 142 Å². The van der Waals surface area contributed by atoms with Gasteiger partial charge in [-0.2, -0.15) is 4.31 Å². The van der Waals surface area contributed by atoms with Crippen molar-refractivity contribution in [2.75, 3.05) is 19.3 Å². The lowest BCUT2D eigenvalue weighted by Crippen LogP contribution is -2.42. The van der Waals surface area contributed by atoms with Crippen LogP contribution >= 0.6 is 0 Å². The zero-order valence-electron chi connectivity index (χ0n) is 13.8. The second kappa shape index (κ2) is 6.45. The maximum Gasteiger partial charge on any atom is 0.307 e. The number of nitrogens with zero attached hydrogens (tertiary/aromatic N) is 1. The molecule has 0 spiro atoms. The van der Waals surface area contributed by atoms with Crippen molar-refractivity contribution in [3.63, 3.8) is 0 Å². The summed E-state index contributed by atoms with van der Waals surface area (Å²) in [7, 11) is -7.53. The first-order valence-corrected chi connectivity index (χ1v) is 10.8. The van der Waals surface area contributed by atoms with Crippen molar-refractivity contribution in [1.29, 1.82) is 0 Å². The molecule has 134 valence electrons. The van der Waals surface area contributed by atoms with Crippen molar-refractivity contribution in [2.24, 2.45) is 5.92 Å². The summed E-state index contributed by atoms with van der Waals surface area (Å²) in [5, 5.41) is 9.14. The Morgan fingerprint density at radius 3 is 2.29 bits per heavy atom. The molecule has 1 aromatic carbocycles. The molecular formula is C15H21NO6S2. The maximum absolute atomic E-state index is 12.9. The lowest BCUT2D eigenvalue weighted by atomic mass is 10.0. The number of sulfonamides is 1. The normalized spacial score (nSPS) is 20.0. The first-order chi connectivity index (χ1) is 10.9. The molecule has 0 saturated carbocycles. The monoisotopic (exact) mass is 375 g/mol. The highest BCUT2D eigenvalue weighted by Gasteiger charge is 2.35. The Morgan fingerprint density at radius 2 is 1.75 bits per heavy atom. The molecule has 0 aromatic heterocycles. The van der Waals surface area contributed by atoms with E-state index in [9.17, 15) is 21.6 Å². The van der Waals surface area contributed by atoms with Crippen molar-refractivity contribution in [3.8, 4) is 0 Å². The van der Waals surface area contributed by atoms with Crippen LogP contribution in [0.3, 0.4) is 0 Å². The van der Waals surface area contributed by atoms with Gasteiger partial charge in [0.05, 0.1) is 15.7 Å². The third-order valence-electron chi connectivity index (χ3n) is 4.21. The van der Waals surface area contributed by atoms with E-state index in [1.165, 1.54) is 19.1 Å². The van der Waals surface area contributed by atoms with E-state index >= 15 is 0 Å². The Morgan fingerprint density at radius 1 is 1.17 bits per heavy atom. The van der Waals surface area contributed by atoms with Crippen LogP contribution in [0.2, 0.25) is 0 Å². The Balaban J connectivity index is 2.54. The third-order valence-corrected chi connectivity index (χ3v) is 7.42. The minimum Gasteiger partial charge on any atom is -0.481 e. The summed E-state index contributed by atoms with van der Waals surface area (Å²) < 4.78 is 50.9. The first kappa shape index (κ1) is 18.9. The van der Waals surface area contributed by atoms with E-state index in [1.807, 2.05) is 0 Å². The fourth-order valence-corrected chi connectivity index (χ4v) is 5.93. The number of carboxylic acids is 1. The SMILES string of the molecule is Cc1cc(S(C)(=O)=O)c(C)c(S(=O)(=O)N2CCCC(C(=O)O)C2)c1. The molecule has 0 amide bonds. The van der Waals surface area contributed by atoms with Crippen LogP contribution in [-0.4, -0.2) is 51.6 Å². The Hall–Kier alpha value is -1.45. The van der Waals surface area contributed by atoms with Crippen LogP contribution in [0.25, 0.3) is 0 Å². The lowest BCUT2D eigenvalue weighted by molar-refractivity contribution is -0.142. The molecule has 1 fully saturated rings. The van der Waals surface area contributed by atoms with Crippen LogP contribution in [0.5, 0.6) is 0 Å². The molecular weight excluding hydrogens is 354 g/mol. The number of carboxylic acid groups (broad SMARTS) is 1. The number of rotatable bonds is 4. The average Bonchev–Trinajstić information content (AvgIpc) is 2.48. The number of piperidine rings is 1. The molecule has 0 radical (unpaired) electrons. The van der Waals surface area contributed by atoms with Crippen molar-refractivity contribution >= 4 is 25.8 Å². The molecule has 1 aliphatic rings. The zero-order valence-corrected chi connectivity index (χ0v) is 15.4. The molecule has 9 heteroatoms. The second-order valence-corrected chi connectivity index (χ2v) is 10.1. The highest BCUT2D eigenvalue weighted by molar-refractivity contribution is 7.91. The Bertz CT molecular complexity index is 873. The summed E-state index contributed by atoms with van der Waals surface area (Å²) in [6, 6.07) is 2.88. The van der Waals surface area contributed by atoms with Gasteiger partial charge in [-0.3, -0.25) is 4.79 Å². The number of aliphatic carboxylic acids is 1. The maximum atomic E-state index is 12.9. The van der Waals surface area contributed by atoms with E-state index in [2.05, 4.69) is 0 Å². The van der Waals surface area contributed by atoms with Crippen LogP contribution in [0, 0.1) is 19.8 Å². The summed E-state index contributed by atoms with van der Waals surface area (Å²) in [5.41, 5.74) is 0.687. The highest BCUT2D eigenvalue weighted by atomic mass is 32.2. The number of hydrogen-bond acceptors (Lipinski definition) is 5.